The first kappa shape index (κ1) is 20.5. The molecule has 0 unspecified atom stereocenters. The van der Waals surface area contributed by atoms with Crippen molar-refractivity contribution < 1.29 is 19.1 Å². The first-order chi connectivity index (χ1) is 15.1. The molecule has 3 amide bonds. The van der Waals surface area contributed by atoms with Gasteiger partial charge in [-0.3, -0.25) is 15.1 Å². The Kier molecular flexibility index (Phi) is 5.94. The fraction of sp³-hybridized carbons (Fsp3) is 0.250. The van der Waals surface area contributed by atoms with Gasteiger partial charge in [0.15, 0.2) is 5.13 Å². The minimum Gasteiger partial charge on any atom is -0.497 e. The van der Waals surface area contributed by atoms with Crippen molar-refractivity contribution in [1.82, 2.24) is 19.9 Å². The fourth-order valence-electron chi connectivity index (χ4n) is 3.10. The number of nitrogens with one attached hydrogen (secondary N) is 2. The zero-order chi connectivity index (χ0) is 21.8. The molecule has 0 saturated heterocycles. The highest BCUT2D eigenvalue weighted by atomic mass is 32.1. The lowest BCUT2D eigenvalue weighted by Crippen LogP contribution is -2.38. The van der Waals surface area contributed by atoms with Crippen LogP contribution in [-0.4, -0.2) is 52.6 Å². The number of carbonyl (C=O) groups is 2. The first-order valence-corrected chi connectivity index (χ1v) is 10.2. The van der Waals surface area contributed by atoms with Gasteiger partial charge in [-0.1, -0.05) is 11.3 Å². The summed E-state index contributed by atoms with van der Waals surface area (Å²) in [6.45, 7) is 0.914. The Hall–Kier alpha value is -3.73. The molecular weight excluding hydrogens is 420 g/mol. The second kappa shape index (κ2) is 8.96. The van der Waals surface area contributed by atoms with Crippen LogP contribution in [0.15, 0.2) is 36.8 Å². The van der Waals surface area contributed by atoms with Gasteiger partial charge in [-0.15, -0.1) is 0 Å². The summed E-state index contributed by atoms with van der Waals surface area (Å²) in [5, 5.41) is 6.10. The third-order valence-electron chi connectivity index (χ3n) is 4.69. The molecule has 0 radical (unpaired) electrons. The van der Waals surface area contributed by atoms with Gasteiger partial charge in [0.05, 0.1) is 38.3 Å². The minimum absolute atomic E-state index is 0.213. The van der Waals surface area contributed by atoms with Gasteiger partial charge < -0.3 is 19.7 Å². The van der Waals surface area contributed by atoms with Crippen molar-refractivity contribution in [2.45, 2.75) is 13.0 Å². The molecule has 0 bridgehead atoms. The number of amides is 3. The Bertz CT molecular complexity index is 1100. The maximum absolute atomic E-state index is 12.8. The van der Waals surface area contributed by atoms with E-state index >= 15 is 0 Å². The van der Waals surface area contributed by atoms with E-state index in [4.69, 9.17) is 9.47 Å². The highest BCUT2D eigenvalue weighted by molar-refractivity contribution is 7.15. The van der Waals surface area contributed by atoms with E-state index in [-0.39, 0.29) is 17.6 Å². The molecule has 10 nitrogen and oxygen atoms in total. The Morgan fingerprint density at radius 3 is 2.77 bits per heavy atom. The van der Waals surface area contributed by atoms with Crippen LogP contribution in [0.5, 0.6) is 11.5 Å². The standard InChI is InChI=1S/C20H20N6O4S/c1-29-12-3-4-13(16(9-12)30-2)24-20(28)26-8-5-14-17(11-26)31-19(23-14)25-18(27)15-10-21-6-7-22-15/h3-4,6-7,9-10H,5,8,11H2,1-2H3,(H,24,28)(H,23,25,27). The normalized spacial score (nSPS) is 12.6. The number of methoxy groups -OCH3 is 2. The summed E-state index contributed by atoms with van der Waals surface area (Å²) in [7, 11) is 3.10. The van der Waals surface area contributed by atoms with E-state index in [1.807, 2.05) is 0 Å². The number of aromatic nitrogens is 3. The SMILES string of the molecule is COc1ccc(NC(=O)N2CCc3nc(NC(=O)c4cnccn4)sc3C2)c(OC)c1. The quantitative estimate of drug-likeness (QED) is 0.626. The second-order valence-electron chi connectivity index (χ2n) is 6.60. The largest absolute Gasteiger partial charge is 0.497 e. The van der Waals surface area contributed by atoms with E-state index < -0.39 is 0 Å². The molecule has 0 spiro atoms. The average Bonchev–Trinajstić information content (AvgIpc) is 3.21. The summed E-state index contributed by atoms with van der Waals surface area (Å²) >= 11 is 1.34. The molecule has 2 N–H and O–H groups in total. The maximum Gasteiger partial charge on any atom is 0.322 e. The maximum atomic E-state index is 12.8. The van der Waals surface area contributed by atoms with E-state index in [1.54, 1.807) is 30.2 Å². The number of urea groups is 1. The molecule has 160 valence electrons. The lowest BCUT2D eigenvalue weighted by Gasteiger charge is -2.26. The van der Waals surface area contributed by atoms with Crippen molar-refractivity contribution in [3.8, 4) is 11.5 Å². The summed E-state index contributed by atoms with van der Waals surface area (Å²) in [5.74, 6) is 0.774. The highest BCUT2D eigenvalue weighted by Crippen LogP contribution is 2.31. The first-order valence-electron chi connectivity index (χ1n) is 9.41. The lowest BCUT2D eigenvalue weighted by molar-refractivity contribution is 0.102. The molecule has 0 aliphatic carbocycles. The van der Waals surface area contributed by atoms with Gasteiger partial charge in [0, 0.05) is 36.3 Å². The van der Waals surface area contributed by atoms with Crippen LogP contribution in [-0.2, 0) is 13.0 Å². The molecule has 0 saturated carbocycles. The molecule has 1 aliphatic heterocycles. The Labute approximate surface area is 182 Å². The van der Waals surface area contributed by atoms with Crippen molar-refractivity contribution in [2.24, 2.45) is 0 Å². The number of hydrogen-bond donors (Lipinski definition) is 2. The summed E-state index contributed by atoms with van der Waals surface area (Å²) in [6, 6.07) is 4.95. The van der Waals surface area contributed by atoms with Gasteiger partial charge >= 0.3 is 6.03 Å². The zero-order valence-corrected chi connectivity index (χ0v) is 17.7. The van der Waals surface area contributed by atoms with E-state index in [0.717, 1.165) is 10.6 Å². The Morgan fingerprint density at radius 1 is 1.16 bits per heavy atom. The number of fused-ring (bicyclic) bond motifs is 1. The Balaban J connectivity index is 1.42. The van der Waals surface area contributed by atoms with Crippen molar-refractivity contribution in [3.05, 3.63) is 53.1 Å². The summed E-state index contributed by atoms with van der Waals surface area (Å²) < 4.78 is 10.5. The highest BCUT2D eigenvalue weighted by Gasteiger charge is 2.25. The van der Waals surface area contributed by atoms with Crippen LogP contribution < -0.4 is 20.1 Å². The predicted octanol–water partition coefficient (Wildman–Crippen LogP) is 2.79. The topological polar surface area (TPSA) is 119 Å². The number of benzene rings is 1. The molecule has 31 heavy (non-hydrogen) atoms. The van der Waals surface area contributed by atoms with Gasteiger partial charge in [0.2, 0.25) is 0 Å². The summed E-state index contributed by atoms with van der Waals surface area (Å²) in [6.07, 6.45) is 4.94. The smallest absolute Gasteiger partial charge is 0.322 e. The fourth-order valence-corrected chi connectivity index (χ4v) is 4.11. The van der Waals surface area contributed by atoms with Crippen LogP contribution in [0.4, 0.5) is 15.6 Å². The van der Waals surface area contributed by atoms with Crippen molar-refractivity contribution in [3.63, 3.8) is 0 Å². The molecule has 3 heterocycles. The van der Waals surface area contributed by atoms with Crippen LogP contribution in [0, 0.1) is 0 Å². The number of nitrogens with zero attached hydrogens (tertiary/aromatic N) is 4. The zero-order valence-electron chi connectivity index (χ0n) is 16.9. The minimum atomic E-state index is -0.375. The summed E-state index contributed by atoms with van der Waals surface area (Å²) in [5.41, 5.74) is 1.65. The monoisotopic (exact) mass is 440 g/mol. The third kappa shape index (κ3) is 4.56. The number of carbonyl (C=O) groups excluding carboxylic acids is 2. The van der Waals surface area contributed by atoms with Crippen molar-refractivity contribution in [2.75, 3.05) is 31.4 Å². The van der Waals surface area contributed by atoms with E-state index in [9.17, 15) is 9.59 Å². The van der Waals surface area contributed by atoms with Gasteiger partial charge in [0.1, 0.15) is 17.2 Å². The van der Waals surface area contributed by atoms with Crippen LogP contribution >= 0.6 is 11.3 Å². The number of anilines is 2. The Morgan fingerprint density at radius 2 is 2.03 bits per heavy atom. The van der Waals surface area contributed by atoms with Crippen LogP contribution in [0.1, 0.15) is 21.1 Å². The lowest BCUT2D eigenvalue weighted by atomic mass is 10.2. The molecule has 3 aromatic rings. The number of thiazole rings is 1. The summed E-state index contributed by atoms with van der Waals surface area (Å²) in [4.78, 5) is 40.0. The number of ether oxygens (including phenoxy) is 2. The molecule has 1 aromatic carbocycles. The van der Waals surface area contributed by atoms with Gasteiger partial charge in [-0.05, 0) is 12.1 Å². The second-order valence-corrected chi connectivity index (χ2v) is 7.69. The van der Waals surface area contributed by atoms with Crippen molar-refractivity contribution >= 4 is 34.1 Å². The van der Waals surface area contributed by atoms with Gasteiger partial charge in [0.25, 0.3) is 5.91 Å². The third-order valence-corrected chi connectivity index (χ3v) is 5.68. The average molecular weight is 440 g/mol. The predicted molar refractivity (Wildman–Crippen MR) is 115 cm³/mol. The van der Waals surface area contributed by atoms with Gasteiger partial charge in [-0.2, -0.15) is 0 Å². The number of rotatable bonds is 5. The van der Waals surface area contributed by atoms with Crippen LogP contribution in [0.3, 0.4) is 0 Å². The molecule has 1 aliphatic rings. The van der Waals surface area contributed by atoms with E-state index in [1.165, 1.54) is 37.0 Å². The number of hydrogen-bond acceptors (Lipinski definition) is 8. The molecule has 0 fully saturated rings. The van der Waals surface area contributed by atoms with Crippen LogP contribution in [0.25, 0.3) is 0 Å². The van der Waals surface area contributed by atoms with Crippen molar-refractivity contribution in [1.29, 1.82) is 0 Å². The van der Waals surface area contributed by atoms with Gasteiger partial charge in [-0.25, -0.2) is 14.8 Å². The molecule has 2 aromatic heterocycles. The molecule has 11 heteroatoms. The van der Waals surface area contributed by atoms with E-state index in [2.05, 4.69) is 25.6 Å². The molecule has 4 rings (SSSR count). The molecule has 0 atom stereocenters. The van der Waals surface area contributed by atoms with Crippen LogP contribution in [0.2, 0.25) is 0 Å². The molecular formula is C20H20N6O4S. The van der Waals surface area contributed by atoms with E-state index in [0.29, 0.717) is 41.8 Å².